The summed E-state index contributed by atoms with van der Waals surface area (Å²) in [4.78, 5) is 12.3. The summed E-state index contributed by atoms with van der Waals surface area (Å²) >= 11 is 0. The Hall–Kier alpha value is -2.75. The van der Waals surface area contributed by atoms with Gasteiger partial charge < -0.3 is 14.8 Å². The Morgan fingerprint density at radius 3 is 2.31 bits per heavy atom. The number of rotatable bonds is 3. The standard InChI is InChI=1S/C22H25NO3/c1-15(16-5-7-17(8-6-16)22(2,3)4)13-21(24)23-18-9-10-19-20(14-18)26-12-11-25-19/h5-10,13-14H,11-12H2,1-4H3,(H,23,24). The van der Waals surface area contributed by atoms with Gasteiger partial charge >= 0.3 is 0 Å². The van der Waals surface area contributed by atoms with Crippen LogP contribution in [0.4, 0.5) is 5.69 Å². The maximum atomic E-state index is 12.3. The van der Waals surface area contributed by atoms with Gasteiger partial charge in [0, 0.05) is 17.8 Å². The summed E-state index contributed by atoms with van der Waals surface area (Å²) in [6, 6.07) is 13.8. The van der Waals surface area contributed by atoms with E-state index >= 15 is 0 Å². The van der Waals surface area contributed by atoms with Gasteiger partial charge in [0.25, 0.3) is 0 Å². The molecular weight excluding hydrogens is 326 g/mol. The van der Waals surface area contributed by atoms with Gasteiger partial charge in [-0.2, -0.15) is 0 Å². The molecule has 0 radical (unpaired) electrons. The molecule has 1 amide bonds. The Labute approximate surface area is 154 Å². The fourth-order valence-electron chi connectivity index (χ4n) is 2.81. The highest BCUT2D eigenvalue weighted by molar-refractivity contribution is 6.03. The molecule has 4 heteroatoms. The smallest absolute Gasteiger partial charge is 0.248 e. The molecule has 3 rings (SSSR count). The number of nitrogens with one attached hydrogen (secondary N) is 1. The Bertz CT molecular complexity index is 829. The predicted molar refractivity (Wildman–Crippen MR) is 105 cm³/mol. The minimum atomic E-state index is -0.168. The van der Waals surface area contributed by atoms with Crippen molar-refractivity contribution < 1.29 is 14.3 Å². The fraction of sp³-hybridized carbons (Fsp3) is 0.318. The van der Waals surface area contributed by atoms with Crippen LogP contribution in [0.25, 0.3) is 5.57 Å². The van der Waals surface area contributed by atoms with Crippen LogP contribution in [-0.2, 0) is 10.2 Å². The number of amides is 1. The first-order chi connectivity index (χ1) is 12.3. The Morgan fingerprint density at radius 1 is 1.00 bits per heavy atom. The quantitative estimate of drug-likeness (QED) is 0.808. The minimum absolute atomic E-state index is 0.117. The molecule has 1 aliphatic rings. The van der Waals surface area contributed by atoms with E-state index in [4.69, 9.17) is 9.47 Å². The molecule has 2 aromatic carbocycles. The molecule has 26 heavy (non-hydrogen) atoms. The van der Waals surface area contributed by atoms with Crippen LogP contribution in [0.15, 0.2) is 48.5 Å². The van der Waals surface area contributed by atoms with Crippen LogP contribution in [0.3, 0.4) is 0 Å². The summed E-state index contributed by atoms with van der Waals surface area (Å²) in [5, 5.41) is 2.88. The molecule has 0 saturated heterocycles. The van der Waals surface area contributed by atoms with E-state index in [-0.39, 0.29) is 11.3 Å². The molecule has 2 aromatic rings. The molecular formula is C22H25NO3. The van der Waals surface area contributed by atoms with Gasteiger partial charge in [-0.25, -0.2) is 0 Å². The first kappa shape index (κ1) is 18.1. The second-order valence-corrected chi connectivity index (χ2v) is 7.50. The van der Waals surface area contributed by atoms with Crippen LogP contribution in [0.5, 0.6) is 11.5 Å². The summed E-state index contributed by atoms with van der Waals surface area (Å²) in [7, 11) is 0. The van der Waals surface area contributed by atoms with Crippen molar-refractivity contribution in [3.8, 4) is 11.5 Å². The van der Waals surface area contributed by atoms with Gasteiger partial charge in [0.15, 0.2) is 11.5 Å². The zero-order chi connectivity index (χ0) is 18.7. The molecule has 1 heterocycles. The first-order valence-corrected chi connectivity index (χ1v) is 8.83. The Kier molecular flexibility index (Phi) is 5.03. The van der Waals surface area contributed by atoms with Crippen LogP contribution < -0.4 is 14.8 Å². The van der Waals surface area contributed by atoms with Crippen molar-refractivity contribution in [2.24, 2.45) is 0 Å². The highest BCUT2D eigenvalue weighted by Crippen LogP contribution is 2.32. The van der Waals surface area contributed by atoms with Gasteiger partial charge in [-0.15, -0.1) is 0 Å². The van der Waals surface area contributed by atoms with E-state index < -0.39 is 0 Å². The number of ether oxygens (including phenoxy) is 2. The zero-order valence-corrected chi connectivity index (χ0v) is 15.8. The van der Waals surface area contributed by atoms with Crippen molar-refractivity contribution in [3.05, 3.63) is 59.7 Å². The average Bonchev–Trinajstić information content (AvgIpc) is 2.61. The Morgan fingerprint density at radius 2 is 1.65 bits per heavy atom. The molecule has 0 aromatic heterocycles. The Balaban J connectivity index is 1.70. The lowest BCUT2D eigenvalue weighted by Crippen LogP contribution is -2.16. The van der Waals surface area contributed by atoms with E-state index in [2.05, 4.69) is 50.4 Å². The molecule has 0 aliphatic carbocycles. The van der Waals surface area contributed by atoms with Crippen LogP contribution in [0.2, 0.25) is 0 Å². The second kappa shape index (κ2) is 7.24. The summed E-state index contributed by atoms with van der Waals surface area (Å²) in [6.45, 7) is 9.57. The second-order valence-electron chi connectivity index (χ2n) is 7.50. The average molecular weight is 351 g/mol. The third kappa shape index (κ3) is 4.26. The van der Waals surface area contributed by atoms with Crippen LogP contribution >= 0.6 is 0 Å². The SMILES string of the molecule is CC(=CC(=O)Nc1ccc2c(c1)OCCO2)c1ccc(C(C)(C)C)cc1. The van der Waals surface area contributed by atoms with Crippen molar-refractivity contribution in [1.29, 1.82) is 0 Å². The van der Waals surface area contributed by atoms with Crippen LogP contribution in [-0.4, -0.2) is 19.1 Å². The summed E-state index contributed by atoms with van der Waals surface area (Å²) in [5.74, 6) is 1.20. The highest BCUT2D eigenvalue weighted by atomic mass is 16.6. The molecule has 0 unspecified atom stereocenters. The van der Waals surface area contributed by atoms with Gasteiger partial charge in [-0.3, -0.25) is 4.79 Å². The van der Waals surface area contributed by atoms with E-state index in [1.807, 2.05) is 19.1 Å². The van der Waals surface area contributed by atoms with Gasteiger partial charge in [-0.05, 0) is 41.2 Å². The maximum absolute atomic E-state index is 12.3. The largest absolute Gasteiger partial charge is 0.486 e. The molecule has 0 atom stereocenters. The number of carbonyl (C=O) groups is 1. The van der Waals surface area contributed by atoms with Crippen molar-refractivity contribution in [1.82, 2.24) is 0 Å². The van der Waals surface area contributed by atoms with Crippen molar-refractivity contribution >= 4 is 17.2 Å². The molecule has 0 spiro atoms. The molecule has 1 aliphatic heterocycles. The highest BCUT2D eigenvalue weighted by Gasteiger charge is 2.14. The molecule has 4 nitrogen and oxygen atoms in total. The van der Waals surface area contributed by atoms with Crippen molar-refractivity contribution in [2.45, 2.75) is 33.1 Å². The van der Waals surface area contributed by atoms with E-state index in [1.165, 1.54) is 5.56 Å². The third-order valence-electron chi connectivity index (χ3n) is 4.36. The number of benzene rings is 2. The lowest BCUT2D eigenvalue weighted by atomic mass is 9.86. The summed E-state index contributed by atoms with van der Waals surface area (Å²) in [5.41, 5.74) is 4.03. The first-order valence-electron chi connectivity index (χ1n) is 8.83. The number of anilines is 1. The number of hydrogen-bond donors (Lipinski definition) is 1. The number of carbonyl (C=O) groups excluding carboxylic acids is 1. The number of fused-ring (bicyclic) bond motifs is 1. The molecule has 0 bridgehead atoms. The summed E-state index contributed by atoms with van der Waals surface area (Å²) in [6.07, 6.45) is 1.61. The van der Waals surface area contributed by atoms with E-state index in [1.54, 1.807) is 12.1 Å². The molecule has 136 valence electrons. The van der Waals surface area contributed by atoms with E-state index in [0.29, 0.717) is 30.4 Å². The van der Waals surface area contributed by atoms with Gasteiger partial charge in [0.1, 0.15) is 13.2 Å². The van der Waals surface area contributed by atoms with Crippen molar-refractivity contribution in [2.75, 3.05) is 18.5 Å². The van der Waals surface area contributed by atoms with E-state index in [0.717, 1.165) is 11.1 Å². The lowest BCUT2D eigenvalue weighted by molar-refractivity contribution is -0.111. The van der Waals surface area contributed by atoms with Gasteiger partial charge in [-0.1, -0.05) is 45.0 Å². The van der Waals surface area contributed by atoms with E-state index in [9.17, 15) is 4.79 Å². The van der Waals surface area contributed by atoms with Gasteiger partial charge in [0.05, 0.1) is 0 Å². The monoisotopic (exact) mass is 351 g/mol. The fourth-order valence-corrected chi connectivity index (χ4v) is 2.81. The normalized spacial score (nSPS) is 14.1. The predicted octanol–water partition coefficient (Wildman–Crippen LogP) is 4.80. The molecule has 0 fully saturated rings. The molecule has 1 N–H and O–H groups in total. The summed E-state index contributed by atoms with van der Waals surface area (Å²) < 4.78 is 11.0. The zero-order valence-electron chi connectivity index (χ0n) is 15.8. The maximum Gasteiger partial charge on any atom is 0.248 e. The number of hydrogen-bond acceptors (Lipinski definition) is 3. The van der Waals surface area contributed by atoms with Crippen molar-refractivity contribution in [3.63, 3.8) is 0 Å². The van der Waals surface area contributed by atoms with Crippen LogP contribution in [0.1, 0.15) is 38.8 Å². The number of allylic oxidation sites excluding steroid dienone is 1. The topological polar surface area (TPSA) is 47.6 Å². The minimum Gasteiger partial charge on any atom is -0.486 e. The van der Waals surface area contributed by atoms with Crippen LogP contribution in [0, 0.1) is 0 Å². The lowest BCUT2D eigenvalue weighted by Gasteiger charge is -2.19. The third-order valence-corrected chi connectivity index (χ3v) is 4.36. The van der Waals surface area contributed by atoms with Gasteiger partial charge in [0.2, 0.25) is 5.91 Å². The molecule has 0 saturated carbocycles.